The lowest BCUT2D eigenvalue weighted by atomic mass is 10.2. The molecule has 0 unspecified atom stereocenters. The number of hydrogen-bond donors (Lipinski definition) is 0. The second kappa shape index (κ2) is 8.45. The van der Waals surface area contributed by atoms with Gasteiger partial charge >= 0.3 is 0 Å². The van der Waals surface area contributed by atoms with Crippen molar-refractivity contribution in [2.75, 3.05) is 6.54 Å². The van der Waals surface area contributed by atoms with Crippen molar-refractivity contribution in [3.05, 3.63) is 0 Å². The molecule has 0 N–H and O–H groups in total. The summed E-state index contributed by atoms with van der Waals surface area (Å²) in [5.74, 6) is -0.0864. The van der Waals surface area contributed by atoms with Gasteiger partial charge in [-0.15, -0.1) is 0 Å². The Balaban J connectivity index is 4.02. The Hall–Kier alpha value is -0.860. The Labute approximate surface area is 92.8 Å². The number of nitrogens with zero attached hydrogens (tertiary/aromatic N) is 1. The van der Waals surface area contributed by atoms with Crippen LogP contribution in [0.4, 0.5) is 0 Å². The molecule has 0 aliphatic heterocycles. The summed E-state index contributed by atoms with van der Waals surface area (Å²) in [6.45, 7) is 6.33. The summed E-state index contributed by atoms with van der Waals surface area (Å²) < 4.78 is 0. The van der Waals surface area contributed by atoms with Gasteiger partial charge in [0.25, 0.3) is 0 Å². The quantitative estimate of drug-likeness (QED) is 0.610. The number of rotatable bonds is 7. The topological polar surface area (TPSA) is 37.4 Å². The predicted molar refractivity (Wildman–Crippen MR) is 61.4 cm³/mol. The molecule has 0 fully saturated rings. The van der Waals surface area contributed by atoms with Gasteiger partial charge in [0, 0.05) is 19.4 Å². The van der Waals surface area contributed by atoms with Crippen molar-refractivity contribution < 1.29 is 9.59 Å². The van der Waals surface area contributed by atoms with E-state index in [0.717, 1.165) is 12.8 Å². The van der Waals surface area contributed by atoms with Gasteiger partial charge in [-0.1, -0.05) is 40.0 Å². The van der Waals surface area contributed by atoms with Crippen LogP contribution in [0.2, 0.25) is 0 Å². The zero-order chi connectivity index (χ0) is 11.7. The van der Waals surface area contributed by atoms with Crippen molar-refractivity contribution in [2.45, 2.75) is 59.3 Å². The fourth-order valence-electron chi connectivity index (χ4n) is 1.47. The van der Waals surface area contributed by atoms with Crippen molar-refractivity contribution in [1.82, 2.24) is 4.90 Å². The molecule has 15 heavy (non-hydrogen) atoms. The first kappa shape index (κ1) is 14.1. The Morgan fingerprint density at radius 3 is 1.80 bits per heavy atom. The summed E-state index contributed by atoms with van der Waals surface area (Å²) >= 11 is 0. The maximum Gasteiger partial charge on any atom is 0.228 e. The van der Waals surface area contributed by atoms with E-state index in [1.165, 1.54) is 17.7 Å². The summed E-state index contributed by atoms with van der Waals surface area (Å²) in [6.07, 6.45) is 5.21. The SMILES string of the molecule is CCCCCCN(C(=O)CC)C(=O)CC. The largest absolute Gasteiger partial charge is 0.283 e. The lowest BCUT2D eigenvalue weighted by Gasteiger charge is -2.19. The lowest BCUT2D eigenvalue weighted by molar-refractivity contribution is -0.144. The van der Waals surface area contributed by atoms with Gasteiger partial charge in [0.05, 0.1) is 0 Å². The van der Waals surface area contributed by atoms with Crippen molar-refractivity contribution in [2.24, 2.45) is 0 Å². The number of amides is 2. The van der Waals surface area contributed by atoms with E-state index in [-0.39, 0.29) is 11.8 Å². The highest BCUT2D eigenvalue weighted by atomic mass is 16.2. The molecule has 0 saturated carbocycles. The summed E-state index contributed by atoms with van der Waals surface area (Å²) in [4.78, 5) is 24.4. The minimum absolute atomic E-state index is 0.0432. The van der Waals surface area contributed by atoms with Crippen LogP contribution in [0.15, 0.2) is 0 Å². The third kappa shape index (κ3) is 5.55. The first-order valence-electron chi connectivity index (χ1n) is 6.00. The molecule has 0 aromatic heterocycles. The molecule has 0 rings (SSSR count). The van der Waals surface area contributed by atoms with Crippen molar-refractivity contribution in [1.29, 1.82) is 0 Å². The van der Waals surface area contributed by atoms with Gasteiger partial charge in [0.1, 0.15) is 0 Å². The zero-order valence-corrected chi connectivity index (χ0v) is 10.2. The number of carbonyl (C=O) groups is 2. The number of unbranched alkanes of at least 4 members (excludes halogenated alkanes) is 3. The van der Waals surface area contributed by atoms with Gasteiger partial charge in [-0.25, -0.2) is 0 Å². The average molecular weight is 213 g/mol. The molecule has 0 aromatic carbocycles. The van der Waals surface area contributed by atoms with E-state index in [1.54, 1.807) is 13.8 Å². The molecule has 0 aromatic rings. The second-order valence-corrected chi connectivity index (χ2v) is 3.71. The van der Waals surface area contributed by atoms with Crippen LogP contribution in [-0.2, 0) is 9.59 Å². The van der Waals surface area contributed by atoms with E-state index >= 15 is 0 Å². The Kier molecular flexibility index (Phi) is 7.96. The van der Waals surface area contributed by atoms with E-state index in [2.05, 4.69) is 6.92 Å². The van der Waals surface area contributed by atoms with Crippen LogP contribution in [0.5, 0.6) is 0 Å². The molecule has 0 saturated heterocycles. The fourth-order valence-corrected chi connectivity index (χ4v) is 1.47. The summed E-state index contributed by atoms with van der Waals surface area (Å²) in [6, 6.07) is 0. The van der Waals surface area contributed by atoms with Crippen LogP contribution in [0.25, 0.3) is 0 Å². The predicted octanol–water partition coefficient (Wildman–Crippen LogP) is 2.74. The monoisotopic (exact) mass is 213 g/mol. The number of hydrogen-bond acceptors (Lipinski definition) is 2. The van der Waals surface area contributed by atoms with Crippen LogP contribution in [0, 0.1) is 0 Å². The smallest absolute Gasteiger partial charge is 0.228 e. The maximum absolute atomic E-state index is 11.5. The Morgan fingerprint density at radius 2 is 1.40 bits per heavy atom. The average Bonchev–Trinajstić information content (AvgIpc) is 2.27. The highest BCUT2D eigenvalue weighted by molar-refractivity contribution is 5.94. The molecule has 0 bridgehead atoms. The van der Waals surface area contributed by atoms with Crippen LogP contribution in [0.3, 0.4) is 0 Å². The van der Waals surface area contributed by atoms with E-state index in [9.17, 15) is 9.59 Å². The minimum atomic E-state index is -0.0432. The van der Waals surface area contributed by atoms with Crippen molar-refractivity contribution in [3.63, 3.8) is 0 Å². The Bertz CT molecular complexity index is 186. The summed E-state index contributed by atoms with van der Waals surface area (Å²) in [5, 5.41) is 0. The zero-order valence-electron chi connectivity index (χ0n) is 10.2. The third-order valence-corrected chi connectivity index (χ3v) is 2.44. The normalized spacial score (nSPS) is 10.1. The van der Waals surface area contributed by atoms with Gasteiger partial charge in [-0.05, 0) is 6.42 Å². The minimum Gasteiger partial charge on any atom is -0.283 e. The number of imide groups is 1. The van der Waals surface area contributed by atoms with Gasteiger partial charge < -0.3 is 0 Å². The van der Waals surface area contributed by atoms with Crippen LogP contribution >= 0.6 is 0 Å². The highest BCUT2D eigenvalue weighted by Crippen LogP contribution is 2.04. The highest BCUT2D eigenvalue weighted by Gasteiger charge is 2.17. The van der Waals surface area contributed by atoms with Gasteiger partial charge in [0.15, 0.2) is 0 Å². The van der Waals surface area contributed by atoms with Crippen LogP contribution in [0.1, 0.15) is 59.3 Å². The van der Waals surface area contributed by atoms with Crippen LogP contribution < -0.4 is 0 Å². The standard InChI is InChI=1S/C12H23NO2/c1-4-7-8-9-10-13(11(14)5-2)12(15)6-3/h4-10H2,1-3H3. The summed E-state index contributed by atoms with van der Waals surface area (Å²) in [5.41, 5.74) is 0. The van der Waals surface area contributed by atoms with E-state index in [0.29, 0.717) is 19.4 Å². The molecule has 2 amide bonds. The van der Waals surface area contributed by atoms with Crippen LogP contribution in [-0.4, -0.2) is 23.3 Å². The van der Waals surface area contributed by atoms with Crippen molar-refractivity contribution in [3.8, 4) is 0 Å². The first-order chi connectivity index (χ1) is 7.17. The van der Waals surface area contributed by atoms with Gasteiger partial charge in [0.2, 0.25) is 11.8 Å². The molecule has 0 aliphatic carbocycles. The lowest BCUT2D eigenvalue weighted by Crippen LogP contribution is -2.36. The Morgan fingerprint density at radius 1 is 0.867 bits per heavy atom. The first-order valence-corrected chi connectivity index (χ1v) is 6.00. The third-order valence-electron chi connectivity index (χ3n) is 2.44. The van der Waals surface area contributed by atoms with Crippen molar-refractivity contribution >= 4 is 11.8 Å². The van der Waals surface area contributed by atoms with E-state index in [4.69, 9.17) is 0 Å². The maximum atomic E-state index is 11.5. The molecule has 0 atom stereocenters. The van der Waals surface area contributed by atoms with E-state index < -0.39 is 0 Å². The summed E-state index contributed by atoms with van der Waals surface area (Å²) in [7, 11) is 0. The van der Waals surface area contributed by atoms with Gasteiger partial charge in [-0.2, -0.15) is 0 Å². The number of carbonyl (C=O) groups excluding carboxylic acids is 2. The molecule has 3 heteroatoms. The molecule has 0 radical (unpaired) electrons. The fraction of sp³-hybridized carbons (Fsp3) is 0.833. The molecular formula is C12H23NO2. The molecule has 3 nitrogen and oxygen atoms in total. The van der Waals surface area contributed by atoms with Gasteiger partial charge in [-0.3, -0.25) is 14.5 Å². The molecular weight excluding hydrogens is 190 g/mol. The van der Waals surface area contributed by atoms with E-state index in [1.807, 2.05) is 0 Å². The molecule has 0 heterocycles. The molecule has 0 aliphatic rings. The second-order valence-electron chi connectivity index (χ2n) is 3.71. The molecule has 0 spiro atoms. The molecule has 88 valence electrons.